The van der Waals surface area contributed by atoms with Gasteiger partial charge in [0.05, 0.1) is 34.5 Å². The number of phenolic OH excluding ortho intramolecular Hbond substituents is 3. The first-order chi connectivity index (χ1) is 36.6. The van der Waals surface area contributed by atoms with Crippen LogP contribution in [0.4, 0.5) is 0 Å². The number of hydrogen-bond acceptors (Lipinski definition) is 18. The lowest BCUT2D eigenvalue weighted by Gasteiger charge is -2.26. The minimum absolute atomic E-state index is 0. The number of carbonyl (C=O) groups is 6. The lowest BCUT2D eigenvalue weighted by Crippen LogP contribution is -2.38. The molecule has 3 aromatic rings. The van der Waals surface area contributed by atoms with Crippen LogP contribution in [-0.2, 0) is 77.2 Å². The predicted molar refractivity (Wildman–Crippen MR) is 285 cm³/mol. The average molecular weight is 1080 g/mol. The molecule has 21 heteroatoms. The molecule has 0 unspecified atom stereocenters. The normalized spacial score (nSPS) is 14.7. The lowest BCUT2D eigenvalue weighted by atomic mass is 9.94. The Morgan fingerprint density at radius 2 is 0.859 bits per heavy atom. The molecule has 4 aliphatic heterocycles. The van der Waals surface area contributed by atoms with Crippen molar-refractivity contribution in [2.45, 2.75) is 119 Å². The Labute approximate surface area is 456 Å². The second kappa shape index (κ2) is 29.3. The lowest BCUT2D eigenvalue weighted by molar-refractivity contribution is -0.144. The van der Waals surface area contributed by atoms with Crippen LogP contribution in [0.25, 0.3) is 0 Å². The molecule has 7 rings (SSSR count). The summed E-state index contributed by atoms with van der Waals surface area (Å²) in [7, 11) is 4.56. The van der Waals surface area contributed by atoms with Crippen LogP contribution in [0, 0.1) is 20.8 Å². The van der Waals surface area contributed by atoms with Crippen molar-refractivity contribution in [1.29, 1.82) is 0 Å². The molecular weight excluding hydrogens is 1010 g/mol. The van der Waals surface area contributed by atoms with Gasteiger partial charge < -0.3 is 63.4 Å². The maximum absolute atomic E-state index is 12.0. The number of carboxylic acids is 2. The van der Waals surface area contributed by atoms with E-state index in [1.54, 1.807) is 7.11 Å². The van der Waals surface area contributed by atoms with Crippen LogP contribution in [0.1, 0.15) is 140 Å². The van der Waals surface area contributed by atoms with E-state index < -0.39 is 29.8 Å². The summed E-state index contributed by atoms with van der Waals surface area (Å²) in [6.07, 6.45) is 8.54. The van der Waals surface area contributed by atoms with Gasteiger partial charge in [0.15, 0.2) is 0 Å². The fourth-order valence-electron chi connectivity index (χ4n) is 9.31. The molecule has 0 atom stereocenters. The Balaban J connectivity index is 0.000000255. The van der Waals surface area contributed by atoms with Gasteiger partial charge in [0.25, 0.3) is 0 Å². The number of hydrogen-bond donors (Lipinski definition) is 5. The fraction of sp³-hybridized carbons (Fsp3) is 0.474. The van der Waals surface area contributed by atoms with Gasteiger partial charge in [-0.15, -0.1) is 0 Å². The van der Waals surface area contributed by atoms with Crippen LogP contribution in [0.15, 0.2) is 34.9 Å². The third kappa shape index (κ3) is 15.6. The molecule has 0 amide bonds. The molecule has 421 valence electrons. The molecule has 0 aliphatic carbocycles. The average Bonchev–Trinajstić information content (AvgIpc) is 4.14. The van der Waals surface area contributed by atoms with Crippen molar-refractivity contribution >= 4 is 44.2 Å². The molecule has 0 saturated carbocycles. The van der Waals surface area contributed by atoms with Gasteiger partial charge in [-0.1, -0.05) is 34.9 Å². The van der Waals surface area contributed by atoms with Crippen molar-refractivity contribution in [3.63, 3.8) is 0 Å². The Hall–Kier alpha value is -7.52. The summed E-state index contributed by atoms with van der Waals surface area (Å²) in [5, 5.41) is 49.0. The number of aromatic hydroxyl groups is 3. The largest absolute Gasteiger partial charge is 0.507 e. The fourth-order valence-corrected chi connectivity index (χ4v) is 9.31. The van der Waals surface area contributed by atoms with Crippen LogP contribution in [0.5, 0.6) is 34.5 Å². The van der Waals surface area contributed by atoms with Crippen LogP contribution >= 0.6 is 0 Å². The summed E-state index contributed by atoms with van der Waals surface area (Å²) in [6, 6.07) is 0. The highest BCUT2D eigenvalue weighted by Crippen LogP contribution is 2.45. The van der Waals surface area contributed by atoms with Gasteiger partial charge in [0.2, 0.25) is 0 Å². The minimum atomic E-state index is -0.853. The Morgan fingerprint density at radius 1 is 0.538 bits per heavy atom. The Bertz CT molecular complexity index is 2720. The minimum Gasteiger partial charge on any atom is -0.507 e. The third-order valence-corrected chi connectivity index (χ3v) is 13.9. The van der Waals surface area contributed by atoms with E-state index in [-0.39, 0.29) is 81.0 Å². The van der Waals surface area contributed by atoms with Crippen molar-refractivity contribution in [1.82, 2.24) is 4.90 Å². The number of cyclic esters (lactones) is 3. The zero-order chi connectivity index (χ0) is 56.7. The molecule has 0 spiro atoms. The molecule has 0 aromatic heterocycles. The summed E-state index contributed by atoms with van der Waals surface area (Å²) in [5.41, 5.74) is 9.31. The highest BCUT2D eigenvalue weighted by Gasteiger charge is 2.34. The summed E-state index contributed by atoms with van der Waals surface area (Å²) < 4.78 is 42.0. The SMILES string of the molecule is COc1c(C)c2c(c(O)c1C/C=C(\C)CCC(=O)O)C(=O)OC2.COc1c(C)c2c(c(O)c1C/C=C(\C)CCC(=O)O)C(=O)OC2.COc1c(C)c2c(c(O)c1C/C=C(\C)CCC(=O)OCCN1CCOCC1)C(=O)OC2.[B]. The maximum Gasteiger partial charge on any atom is 0.342 e. The van der Waals surface area contributed by atoms with E-state index in [0.29, 0.717) is 102 Å². The number of nitrogens with zero attached hydrogens (tertiary/aromatic N) is 1. The van der Waals surface area contributed by atoms with E-state index in [1.807, 2.05) is 59.8 Å². The zero-order valence-corrected chi connectivity index (χ0v) is 45.9. The van der Waals surface area contributed by atoms with Gasteiger partial charge >= 0.3 is 35.8 Å². The number of fused-ring (bicyclic) bond motifs is 3. The van der Waals surface area contributed by atoms with E-state index in [2.05, 4.69) is 4.90 Å². The number of phenols is 3. The number of benzene rings is 3. The molecule has 3 radical (unpaired) electrons. The Morgan fingerprint density at radius 3 is 1.17 bits per heavy atom. The number of rotatable bonds is 21. The van der Waals surface area contributed by atoms with Crippen molar-refractivity contribution < 1.29 is 92.2 Å². The topological polar surface area (TPSA) is 281 Å². The van der Waals surface area contributed by atoms with Crippen LogP contribution in [-0.4, -0.2) is 135 Å². The van der Waals surface area contributed by atoms with E-state index >= 15 is 0 Å². The van der Waals surface area contributed by atoms with Crippen LogP contribution < -0.4 is 14.2 Å². The molecule has 1 fully saturated rings. The highest BCUT2D eigenvalue weighted by molar-refractivity contribution is 5.99. The number of allylic oxidation sites excluding steroid dienone is 6. The van der Waals surface area contributed by atoms with Crippen molar-refractivity contribution in [2.75, 3.05) is 60.8 Å². The van der Waals surface area contributed by atoms with Crippen molar-refractivity contribution in [3.05, 3.63) is 102 Å². The smallest absolute Gasteiger partial charge is 0.342 e. The van der Waals surface area contributed by atoms with E-state index in [4.69, 9.17) is 48.1 Å². The maximum atomic E-state index is 12.0. The van der Waals surface area contributed by atoms with E-state index in [0.717, 1.165) is 66.3 Å². The molecule has 78 heavy (non-hydrogen) atoms. The van der Waals surface area contributed by atoms with E-state index in [1.165, 1.54) is 14.2 Å². The van der Waals surface area contributed by atoms with Gasteiger partial charge in [0.1, 0.15) is 77.6 Å². The second-order valence-electron chi connectivity index (χ2n) is 19.0. The number of methoxy groups -OCH3 is 3. The monoisotopic (exact) mass is 1080 g/mol. The standard InChI is InChI=1S/C23H31NO7.2C17H20O6.B/c1-15(5-7-19(25)30-13-10-24-8-11-29-12-9-24)4-6-17-21(26)20-18(14-31-23(20)27)16(2)22(17)28-3;2*1-9(5-7-13(18)19)4-6-11-15(20)14-12(8-23-17(14)21)10(2)16(11)22-3;/h4,26H,5-14H2,1-3H3;2*4,20H,5-8H2,1-3H3,(H,18,19);/b15-4+;2*9-4+;. The molecular formula is C57H71BNO19. The van der Waals surface area contributed by atoms with Gasteiger partial charge in [-0.25, -0.2) is 14.4 Å². The number of esters is 4. The number of carboxylic acid groups (broad SMARTS) is 2. The molecule has 20 nitrogen and oxygen atoms in total. The molecule has 0 bridgehead atoms. The first kappa shape index (κ1) is 63.0. The highest BCUT2D eigenvalue weighted by atomic mass is 16.6. The van der Waals surface area contributed by atoms with Gasteiger partial charge in [-0.3, -0.25) is 19.3 Å². The van der Waals surface area contributed by atoms with Gasteiger partial charge in [0, 0.05) is 80.7 Å². The number of carbonyl (C=O) groups excluding carboxylic acids is 4. The van der Waals surface area contributed by atoms with E-state index in [9.17, 15) is 44.1 Å². The molecule has 4 aliphatic rings. The van der Waals surface area contributed by atoms with Gasteiger partial charge in [-0.05, 0) is 96.8 Å². The number of morpholine rings is 1. The number of aliphatic carboxylic acids is 2. The molecule has 1 saturated heterocycles. The zero-order valence-electron chi connectivity index (χ0n) is 45.9. The Kier molecular flexibility index (Phi) is 23.7. The first-order valence-corrected chi connectivity index (χ1v) is 25.3. The third-order valence-electron chi connectivity index (χ3n) is 13.9. The summed E-state index contributed by atoms with van der Waals surface area (Å²) in [5.74, 6) is -2.22. The van der Waals surface area contributed by atoms with Crippen LogP contribution in [0.3, 0.4) is 0 Å². The molecule has 5 N–H and O–H groups in total. The number of ether oxygens (including phenoxy) is 8. The summed E-state index contributed by atoms with van der Waals surface area (Å²) in [4.78, 5) is 71.0. The van der Waals surface area contributed by atoms with Crippen molar-refractivity contribution in [2.24, 2.45) is 0 Å². The molecule has 3 aromatic carbocycles. The summed E-state index contributed by atoms with van der Waals surface area (Å²) in [6.45, 7) is 15.8. The predicted octanol–water partition coefficient (Wildman–Crippen LogP) is 7.61. The first-order valence-electron chi connectivity index (χ1n) is 25.3. The van der Waals surface area contributed by atoms with Crippen LogP contribution in [0.2, 0.25) is 0 Å². The molecule has 4 heterocycles. The quantitative estimate of drug-likeness (QED) is 0.0297. The van der Waals surface area contributed by atoms with Gasteiger partial charge in [-0.2, -0.15) is 0 Å². The second-order valence-corrected chi connectivity index (χ2v) is 19.0. The summed E-state index contributed by atoms with van der Waals surface area (Å²) >= 11 is 0. The van der Waals surface area contributed by atoms with Crippen molar-refractivity contribution in [3.8, 4) is 34.5 Å².